The van der Waals surface area contributed by atoms with Crippen LogP contribution in [0.1, 0.15) is 55.5 Å². The third-order valence-corrected chi connectivity index (χ3v) is 5.33. The molecule has 5 heteroatoms. The molecule has 3 rings (SSSR count). The lowest BCUT2D eigenvalue weighted by molar-refractivity contribution is -0.00317. The molecule has 4 nitrogen and oxygen atoms in total. The standard InChI is InChI=1S/C19H24FNO3/c1-19(2,24)14-6-3-12(4-7-14)9-10-21-11-13-5-8-15(22)17(20)16(13)18(21)23/h5,8-10,12,14,22,24H,3-4,6-7,11H2,1-2H3. The van der Waals surface area contributed by atoms with Crippen LogP contribution in [0.3, 0.4) is 0 Å². The summed E-state index contributed by atoms with van der Waals surface area (Å²) >= 11 is 0. The Bertz CT molecular complexity index is 670. The number of phenolic OH excluding ortho intramolecular Hbond substituents is 1. The summed E-state index contributed by atoms with van der Waals surface area (Å²) in [4.78, 5) is 13.8. The maximum atomic E-state index is 13.9. The minimum Gasteiger partial charge on any atom is -0.505 e. The monoisotopic (exact) mass is 333 g/mol. The van der Waals surface area contributed by atoms with Gasteiger partial charge in [-0.05, 0) is 63.0 Å². The molecule has 2 aliphatic rings. The van der Waals surface area contributed by atoms with Crippen molar-refractivity contribution in [1.82, 2.24) is 4.90 Å². The zero-order valence-electron chi connectivity index (χ0n) is 14.1. The van der Waals surface area contributed by atoms with Gasteiger partial charge in [0.2, 0.25) is 0 Å². The van der Waals surface area contributed by atoms with Crippen LogP contribution in [0.15, 0.2) is 24.4 Å². The molecule has 0 atom stereocenters. The van der Waals surface area contributed by atoms with Gasteiger partial charge in [0.1, 0.15) is 0 Å². The van der Waals surface area contributed by atoms with E-state index in [2.05, 4.69) is 0 Å². The molecule has 24 heavy (non-hydrogen) atoms. The Labute approximate surface area is 141 Å². The number of benzene rings is 1. The summed E-state index contributed by atoms with van der Waals surface area (Å²) in [5, 5.41) is 19.5. The normalized spacial score (nSPS) is 24.7. The Kier molecular flexibility index (Phi) is 4.38. The van der Waals surface area contributed by atoms with Crippen LogP contribution in [0.4, 0.5) is 4.39 Å². The van der Waals surface area contributed by atoms with Crippen LogP contribution in [-0.4, -0.2) is 26.6 Å². The first-order valence-electron chi connectivity index (χ1n) is 8.49. The van der Waals surface area contributed by atoms with Crippen molar-refractivity contribution in [2.75, 3.05) is 0 Å². The summed E-state index contributed by atoms with van der Waals surface area (Å²) in [5.41, 5.74) is -0.0584. The van der Waals surface area contributed by atoms with Gasteiger partial charge in [-0.1, -0.05) is 12.1 Å². The summed E-state index contributed by atoms with van der Waals surface area (Å²) in [6.07, 6.45) is 7.66. The molecule has 0 aromatic heterocycles. The van der Waals surface area contributed by atoms with Crippen LogP contribution in [-0.2, 0) is 6.54 Å². The molecule has 0 spiro atoms. The van der Waals surface area contributed by atoms with Gasteiger partial charge in [-0.2, -0.15) is 0 Å². The lowest BCUT2D eigenvalue weighted by Gasteiger charge is -2.35. The largest absolute Gasteiger partial charge is 0.505 e. The predicted octanol–water partition coefficient (Wildman–Crippen LogP) is 3.58. The van der Waals surface area contributed by atoms with Crippen LogP contribution in [0.2, 0.25) is 0 Å². The first-order chi connectivity index (χ1) is 11.3. The molecule has 1 saturated carbocycles. The number of nitrogens with zero attached hydrogens (tertiary/aromatic N) is 1. The van der Waals surface area contributed by atoms with E-state index in [9.17, 15) is 19.4 Å². The van der Waals surface area contributed by atoms with E-state index in [-0.39, 0.29) is 5.56 Å². The Morgan fingerprint density at radius 3 is 2.54 bits per heavy atom. The maximum absolute atomic E-state index is 13.9. The molecule has 1 aliphatic carbocycles. The van der Waals surface area contributed by atoms with Crippen LogP contribution in [0.5, 0.6) is 5.75 Å². The van der Waals surface area contributed by atoms with Crippen molar-refractivity contribution in [2.45, 2.75) is 51.7 Å². The molecule has 1 aromatic carbocycles. The third-order valence-electron chi connectivity index (χ3n) is 5.33. The Morgan fingerprint density at radius 1 is 1.25 bits per heavy atom. The second kappa shape index (κ2) is 6.20. The second-order valence-electron chi connectivity index (χ2n) is 7.47. The van der Waals surface area contributed by atoms with Crippen molar-refractivity contribution in [3.8, 4) is 5.75 Å². The van der Waals surface area contributed by atoms with Gasteiger partial charge in [-0.25, -0.2) is 4.39 Å². The lowest BCUT2D eigenvalue weighted by atomic mass is 9.75. The molecule has 0 radical (unpaired) electrons. The number of hydrogen-bond donors (Lipinski definition) is 2. The van der Waals surface area contributed by atoms with Crippen molar-refractivity contribution in [2.24, 2.45) is 11.8 Å². The first-order valence-corrected chi connectivity index (χ1v) is 8.49. The topological polar surface area (TPSA) is 60.8 Å². The summed E-state index contributed by atoms with van der Waals surface area (Å²) in [6.45, 7) is 4.05. The summed E-state index contributed by atoms with van der Waals surface area (Å²) in [5.74, 6) is -1.04. The van der Waals surface area contributed by atoms with E-state index < -0.39 is 23.1 Å². The van der Waals surface area contributed by atoms with Crippen LogP contribution in [0.25, 0.3) is 0 Å². The highest BCUT2D eigenvalue weighted by atomic mass is 19.1. The molecule has 0 unspecified atom stereocenters. The summed E-state index contributed by atoms with van der Waals surface area (Å²) in [7, 11) is 0. The quantitative estimate of drug-likeness (QED) is 0.889. The minimum absolute atomic E-state index is 0.0228. The van der Waals surface area contributed by atoms with Gasteiger partial charge in [0.25, 0.3) is 5.91 Å². The number of fused-ring (bicyclic) bond motifs is 1. The van der Waals surface area contributed by atoms with E-state index in [4.69, 9.17) is 0 Å². The SMILES string of the molecule is CC(C)(O)C1CCC(C=CN2Cc3ccc(O)c(F)c3C2=O)CC1. The molecular formula is C19H24FNO3. The van der Waals surface area contributed by atoms with Gasteiger partial charge in [-0.3, -0.25) is 4.79 Å². The molecule has 0 saturated heterocycles. The fraction of sp³-hybridized carbons (Fsp3) is 0.526. The maximum Gasteiger partial charge on any atom is 0.261 e. The van der Waals surface area contributed by atoms with Crippen molar-refractivity contribution in [1.29, 1.82) is 0 Å². The average molecular weight is 333 g/mol. The average Bonchev–Trinajstić information content (AvgIpc) is 2.85. The van der Waals surface area contributed by atoms with Gasteiger partial charge in [0, 0.05) is 6.20 Å². The number of amides is 1. The van der Waals surface area contributed by atoms with E-state index >= 15 is 0 Å². The molecule has 0 bridgehead atoms. The molecule has 130 valence electrons. The number of aromatic hydroxyl groups is 1. The van der Waals surface area contributed by atoms with E-state index in [1.807, 2.05) is 19.9 Å². The number of carbonyl (C=O) groups excluding carboxylic acids is 1. The van der Waals surface area contributed by atoms with Gasteiger partial charge < -0.3 is 15.1 Å². The van der Waals surface area contributed by atoms with E-state index in [1.54, 1.807) is 12.3 Å². The molecule has 1 heterocycles. The molecule has 2 N–H and O–H groups in total. The number of carbonyl (C=O) groups is 1. The van der Waals surface area contributed by atoms with Crippen molar-refractivity contribution >= 4 is 5.91 Å². The van der Waals surface area contributed by atoms with Crippen molar-refractivity contribution in [3.63, 3.8) is 0 Å². The highest BCUT2D eigenvalue weighted by Crippen LogP contribution is 2.36. The summed E-state index contributed by atoms with van der Waals surface area (Å²) < 4.78 is 13.9. The number of hydrogen-bond acceptors (Lipinski definition) is 3. The fourth-order valence-electron chi connectivity index (χ4n) is 3.73. The van der Waals surface area contributed by atoms with Gasteiger partial charge in [0.15, 0.2) is 11.6 Å². The van der Waals surface area contributed by atoms with Gasteiger partial charge in [-0.15, -0.1) is 0 Å². The number of allylic oxidation sites excluding steroid dienone is 1. The fourth-order valence-corrected chi connectivity index (χ4v) is 3.73. The zero-order chi connectivity index (χ0) is 17.5. The van der Waals surface area contributed by atoms with Gasteiger partial charge >= 0.3 is 0 Å². The van der Waals surface area contributed by atoms with E-state index in [0.29, 0.717) is 23.9 Å². The number of rotatable bonds is 3. The van der Waals surface area contributed by atoms with E-state index in [0.717, 1.165) is 25.7 Å². The predicted molar refractivity (Wildman–Crippen MR) is 88.8 cm³/mol. The molecule has 1 aromatic rings. The van der Waals surface area contributed by atoms with Crippen LogP contribution < -0.4 is 0 Å². The third kappa shape index (κ3) is 3.18. The lowest BCUT2D eigenvalue weighted by Crippen LogP contribution is -2.33. The summed E-state index contributed by atoms with van der Waals surface area (Å²) in [6, 6.07) is 2.88. The number of aliphatic hydroxyl groups is 1. The molecule has 1 fully saturated rings. The van der Waals surface area contributed by atoms with Crippen LogP contribution >= 0.6 is 0 Å². The molecular weight excluding hydrogens is 309 g/mol. The molecule has 1 amide bonds. The molecule has 1 aliphatic heterocycles. The highest BCUT2D eigenvalue weighted by molar-refractivity contribution is 5.99. The minimum atomic E-state index is -0.834. The highest BCUT2D eigenvalue weighted by Gasteiger charge is 2.32. The van der Waals surface area contributed by atoms with Crippen LogP contribution in [0, 0.1) is 17.7 Å². The van der Waals surface area contributed by atoms with Gasteiger partial charge in [0.05, 0.1) is 17.7 Å². The van der Waals surface area contributed by atoms with Crippen molar-refractivity contribution in [3.05, 3.63) is 41.4 Å². The smallest absolute Gasteiger partial charge is 0.261 e. The Hall–Kier alpha value is -1.88. The van der Waals surface area contributed by atoms with Crippen molar-refractivity contribution < 1.29 is 19.4 Å². The Morgan fingerprint density at radius 2 is 1.92 bits per heavy atom. The Balaban J connectivity index is 1.63. The number of halogens is 1. The first kappa shape index (κ1) is 17.0. The number of phenols is 1. The zero-order valence-corrected chi connectivity index (χ0v) is 14.1. The second-order valence-corrected chi connectivity index (χ2v) is 7.47. The van der Waals surface area contributed by atoms with E-state index in [1.165, 1.54) is 11.0 Å².